The van der Waals surface area contributed by atoms with Gasteiger partial charge in [-0.1, -0.05) is 0 Å². The summed E-state index contributed by atoms with van der Waals surface area (Å²) in [6.45, 7) is 4.64. The first kappa shape index (κ1) is 10.2. The van der Waals surface area contributed by atoms with Gasteiger partial charge in [-0.15, -0.1) is 10.2 Å². The lowest BCUT2D eigenvalue weighted by atomic mass is 9.90. The van der Waals surface area contributed by atoms with E-state index in [1.165, 1.54) is 6.42 Å². The number of rotatable bonds is 2. The number of hydrogen-bond donors (Lipinski definition) is 1. The van der Waals surface area contributed by atoms with Gasteiger partial charge < -0.3 is 14.5 Å². The summed E-state index contributed by atoms with van der Waals surface area (Å²) in [6.07, 6.45) is 3.24. The minimum Gasteiger partial charge on any atom is -0.423 e. The first-order valence-electron chi connectivity index (χ1n) is 5.93. The molecule has 1 aromatic rings. The topological polar surface area (TPSA) is 60.2 Å². The Hall–Kier alpha value is -0.940. The standard InChI is InChI=1S/C11H17N3O2/c1-11(4-6-15-7-11)10-14-13-9(16-10)8-3-2-5-12-8/h8,12H,2-7H2,1H3. The molecule has 2 aliphatic heterocycles. The molecule has 88 valence electrons. The molecule has 0 spiro atoms. The molecule has 2 fully saturated rings. The fraction of sp³-hybridized carbons (Fsp3) is 0.818. The summed E-state index contributed by atoms with van der Waals surface area (Å²) in [5.74, 6) is 1.47. The second-order valence-electron chi connectivity index (χ2n) is 4.96. The number of ether oxygens (including phenoxy) is 1. The lowest BCUT2D eigenvalue weighted by Gasteiger charge is -2.15. The monoisotopic (exact) mass is 223 g/mol. The van der Waals surface area contributed by atoms with Gasteiger partial charge in [0.15, 0.2) is 0 Å². The largest absolute Gasteiger partial charge is 0.423 e. The molecule has 5 nitrogen and oxygen atoms in total. The SMILES string of the molecule is CC1(c2nnc(C3CCCN3)o2)CCOC1. The molecule has 0 aromatic carbocycles. The Balaban J connectivity index is 1.81. The summed E-state index contributed by atoms with van der Waals surface area (Å²) in [7, 11) is 0. The first-order chi connectivity index (χ1) is 7.78. The average Bonchev–Trinajstić information content (AvgIpc) is 2.98. The van der Waals surface area contributed by atoms with E-state index in [-0.39, 0.29) is 11.5 Å². The lowest BCUT2D eigenvalue weighted by molar-refractivity contribution is 0.172. The van der Waals surface area contributed by atoms with Crippen LogP contribution in [0.4, 0.5) is 0 Å². The maximum absolute atomic E-state index is 5.79. The Morgan fingerprint density at radius 1 is 1.44 bits per heavy atom. The van der Waals surface area contributed by atoms with Crippen LogP contribution in [0.1, 0.15) is 44.0 Å². The van der Waals surface area contributed by atoms with Crippen LogP contribution in [-0.2, 0) is 10.2 Å². The Bertz CT molecular complexity index is 365. The van der Waals surface area contributed by atoms with Crippen molar-refractivity contribution in [3.05, 3.63) is 11.8 Å². The minimum absolute atomic E-state index is 0.0795. The second-order valence-corrected chi connectivity index (χ2v) is 4.96. The average molecular weight is 223 g/mol. The minimum atomic E-state index is -0.0795. The molecular weight excluding hydrogens is 206 g/mol. The third-order valence-electron chi connectivity index (χ3n) is 3.53. The Morgan fingerprint density at radius 3 is 3.06 bits per heavy atom. The van der Waals surface area contributed by atoms with Crippen LogP contribution in [0.15, 0.2) is 4.42 Å². The zero-order valence-corrected chi connectivity index (χ0v) is 9.53. The number of nitrogens with one attached hydrogen (secondary N) is 1. The van der Waals surface area contributed by atoms with E-state index in [0.29, 0.717) is 6.61 Å². The van der Waals surface area contributed by atoms with Gasteiger partial charge in [-0.05, 0) is 32.7 Å². The van der Waals surface area contributed by atoms with E-state index in [1.54, 1.807) is 0 Å². The first-order valence-corrected chi connectivity index (χ1v) is 5.93. The maximum atomic E-state index is 5.79. The quantitative estimate of drug-likeness (QED) is 0.815. The summed E-state index contributed by atoms with van der Waals surface area (Å²) in [5.41, 5.74) is -0.0795. The smallest absolute Gasteiger partial charge is 0.233 e. The molecule has 0 amide bonds. The van der Waals surface area contributed by atoms with Gasteiger partial charge >= 0.3 is 0 Å². The van der Waals surface area contributed by atoms with E-state index in [2.05, 4.69) is 22.4 Å². The van der Waals surface area contributed by atoms with Crippen molar-refractivity contribution < 1.29 is 9.15 Å². The van der Waals surface area contributed by atoms with E-state index in [4.69, 9.17) is 9.15 Å². The molecule has 16 heavy (non-hydrogen) atoms. The molecule has 2 saturated heterocycles. The highest BCUT2D eigenvalue weighted by atomic mass is 16.5. The van der Waals surface area contributed by atoms with Crippen molar-refractivity contribution in [2.24, 2.45) is 0 Å². The van der Waals surface area contributed by atoms with Crippen molar-refractivity contribution in [1.29, 1.82) is 0 Å². The predicted octanol–water partition coefficient (Wildman–Crippen LogP) is 1.17. The van der Waals surface area contributed by atoms with E-state index >= 15 is 0 Å². The van der Waals surface area contributed by atoms with E-state index in [9.17, 15) is 0 Å². The molecule has 0 saturated carbocycles. The van der Waals surface area contributed by atoms with Gasteiger partial charge in [-0.25, -0.2) is 0 Å². The summed E-state index contributed by atoms with van der Waals surface area (Å²) in [5, 5.41) is 11.7. The highest BCUT2D eigenvalue weighted by molar-refractivity contribution is 5.05. The van der Waals surface area contributed by atoms with E-state index in [1.807, 2.05) is 0 Å². The molecular formula is C11H17N3O2. The second kappa shape index (κ2) is 3.82. The van der Waals surface area contributed by atoms with Crippen molar-refractivity contribution >= 4 is 0 Å². The van der Waals surface area contributed by atoms with Gasteiger partial charge in [0.25, 0.3) is 0 Å². The summed E-state index contributed by atoms with van der Waals surface area (Å²) in [6, 6.07) is 0.257. The van der Waals surface area contributed by atoms with Gasteiger partial charge in [0.1, 0.15) is 0 Å². The van der Waals surface area contributed by atoms with Crippen LogP contribution >= 0.6 is 0 Å². The molecule has 3 rings (SSSR count). The molecule has 5 heteroatoms. The van der Waals surface area contributed by atoms with Gasteiger partial charge in [0.05, 0.1) is 18.1 Å². The van der Waals surface area contributed by atoms with E-state index < -0.39 is 0 Å². The number of aromatic nitrogens is 2. The number of hydrogen-bond acceptors (Lipinski definition) is 5. The molecule has 3 heterocycles. The van der Waals surface area contributed by atoms with Crippen LogP contribution in [0.2, 0.25) is 0 Å². The highest BCUT2D eigenvalue weighted by Crippen LogP contribution is 2.33. The Kier molecular flexibility index (Phi) is 2.44. The number of nitrogens with zero attached hydrogens (tertiary/aromatic N) is 2. The Labute approximate surface area is 94.6 Å². The third kappa shape index (κ3) is 1.64. The fourth-order valence-corrected chi connectivity index (χ4v) is 2.35. The lowest BCUT2D eigenvalue weighted by Crippen LogP contribution is -2.22. The highest BCUT2D eigenvalue weighted by Gasteiger charge is 2.37. The van der Waals surface area contributed by atoms with Gasteiger partial charge in [0, 0.05) is 6.61 Å². The zero-order chi connectivity index (χ0) is 11.0. The predicted molar refractivity (Wildman–Crippen MR) is 57.1 cm³/mol. The molecule has 0 radical (unpaired) electrons. The summed E-state index contributed by atoms with van der Waals surface area (Å²) < 4.78 is 11.2. The molecule has 1 aromatic heterocycles. The van der Waals surface area contributed by atoms with Crippen molar-refractivity contribution in [3.8, 4) is 0 Å². The molecule has 2 unspecified atom stereocenters. The van der Waals surface area contributed by atoms with Gasteiger partial charge in [-0.2, -0.15) is 0 Å². The molecule has 1 N–H and O–H groups in total. The maximum Gasteiger partial charge on any atom is 0.233 e. The molecule has 0 bridgehead atoms. The summed E-state index contributed by atoms with van der Waals surface area (Å²) in [4.78, 5) is 0. The molecule has 0 aliphatic carbocycles. The van der Waals surface area contributed by atoms with Crippen molar-refractivity contribution in [3.63, 3.8) is 0 Å². The zero-order valence-electron chi connectivity index (χ0n) is 9.53. The fourth-order valence-electron chi connectivity index (χ4n) is 2.35. The van der Waals surface area contributed by atoms with E-state index in [0.717, 1.165) is 37.8 Å². The van der Waals surface area contributed by atoms with Gasteiger partial charge in [-0.3, -0.25) is 0 Å². The van der Waals surface area contributed by atoms with Crippen LogP contribution in [0.3, 0.4) is 0 Å². The van der Waals surface area contributed by atoms with Crippen LogP contribution in [0.25, 0.3) is 0 Å². The van der Waals surface area contributed by atoms with Crippen LogP contribution < -0.4 is 5.32 Å². The third-order valence-corrected chi connectivity index (χ3v) is 3.53. The summed E-state index contributed by atoms with van der Waals surface area (Å²) >= 11 is 0. The van der Waals surface area contributed by atoms with Crippen molar-refractivity contribution in [2.75, 3.05) is 19.8 Å². The van der Waals surface area contributed by atoms with Gasteiger partial charge in [0.2, 0.25) is 11.8 Å². The molecule has 2 atom stereocenters. The van der Waals surface area contributed by atoms with Crippen LogP contribution in [0, 0.1) is 0 Å². The normalized spacial score (nSPS) is 34.7. The van der Waals surface area contributed by atoms with Crippen LogP contribution in [0.5, 0.6) is 0 Å². The van der Waals surface area contributed by atoms with Crippen LogP contribution in [-0.4, -0.2) is 30.0 Å². The van der Waals surface area contributed by atoms with Crippen molar-refractivity contribution in [1.82, 2.24) is 15.5 Å². The van der Waals surface area contributed by atoms with Crippen molar-refractivity contribution in [2.45, 2.75) is 37.6 Å². The Morgan fingerprint density at radius 2 is 2.38 bits per heavy atom. The molecule has 2 aliphatic rings.